The van der Waals surface area contributed by atoms with Crippen LogP contribution in [0.3, 0.4) is 0 Å². The quantitative estimate of drug-likeness (QED) is 0.397. The van der Waals surface area contributed by atoms with E-state index in [0.717, 1.165) is 0 Å². The highest BCUT2D eigenvalue weighted by Gasteiger charge is 2.27. The first-order valence-electron chi connectivity index (χ1n) is 5.89. The predicted octanol–water partition coefficient (Wildman–Crippen LogP) is 4.66. The molecule has 0 N–H and O–H groups in total. The molecule has 0 fully saturated rings. The largest absolute Gasteiger partial charge is 0.411 e. The Kier molecular flexibility index (Phi) is 6.79. The highest BCUT2D eigenvalue weighted by atomic mass is 79.9. The fraction of sp³-hybridized carbons (Fsp3) is 0.538. The zero-order valence-corrected chi connectivity index (χ0v) is 11.8. The molecule has 0 amide bonds. The fourth-order valence-electron chi connectivity index (χ4n) is 1.74. The van der Waals surface area contributed by atoms with E-state index in [9.17, 15) is 17.6 Å². The molecule has 0 aliphatic rings. The molecule has 1 aromatic carbocycles. The van der Waals surface area contributed by atoms with Crippen LogP contribution >= 0.6 is 15.9 Å². The van der Waals surface area contributed by atoms with Crippen LogP contribution in [-0.4, -0.2) is 24.7 Å². The second kappa shape index (κ2) is 7.85. The number of alkyl halides is 4. The normalized spacial score (nSPS) is 13.5. The molecule has 0 bridgehead atoms. The Labute approximate surface area is 118 Å². The molecule has 0 aliphatic carbocycles. The minimum Gasteiger partial charge on any atom is -0.372 e. The Balaban J connectivity index is 2.36. The van der Waals surface area contributed by atoms with Gasteiger partial charge in [0.15, 0.2) is 0 Å². The lowest BCUT2D eigenvalue weighted by molar-refractivity contribution is -0.174. The zero-order valence-electron chi connectivity index (χ0n) is 10.2. The topological polar surface area (TPSA) is 9.23 Å². The molecule has 1 rings (SSSR count). The van der Waals surface area contributed by atoms with E-state index in [4.69, 9.17) is 0 Å². The van der Waals surface area contributed by atoms with E-state index in [1.165, 1.54) is 6.07 Å². The maximum absolute atomic E-state index is 13.6. The van der Waals surface area contributed by atoms with Gasteiger partial charge in [0.2, 0.25) is 0 Å². The summed E-state index contributed by atoms with van der Waals surface area (Å²) in [5.74, 6) is -0.348. The molecule has 1 atom stereocenters. The van der Waals surface area contributed by atoms with Crippen molar-refractivity contribution in [2.24, 2.45) is 0 Å². The van der Waals surface area contributed by atoms with Gasteiger partial charge in [-0.3, -0.25) is 0 Å². The van der Waals surface area contributed by atoms with E-state index >= 15 is 0 Å². The van der Waals surface area contributed by atoms with E-state index < -0.39 is 12.8 Å². The first-order chi connectivity index (χ1) is 8.94. The lowest BCUT2D eigenvalue weighted by Gasteiger charge is -2.15. The lowest BCUT2D eigenvalue weighted by atomic mass is 9.96. The van der Waals surface area contributed by atoms with Gasteiger partial charge in [-0.1, -0.05) is 34.1 Å². The maximum atomic E-state index is 13.6. The first-order valence-corrected chi connectivity index (χ1v) is 7.01. The molecule has 0 saturated carbocycles. The second-order valence-corrected chi connectivity index (χ2v) is 4.83. The van der Waals surface area contributed by atoms with Crippen LogP contribution in [0.2, 0.25) is 0 Å². The van der Waals surface area contributed by atoms with Crippen molar-refractivity contribution < 1.29 is 22.3 Å². The molecule has 19 heavy (non-hydrogen) atoms. The summed E-state index contributed by atoms with van der Waals surface area (Å²) in [7, 11) is 0. The van der Waals surface area contributed by atoms with Gasteiger partial charge in [-0.05, 0) is 30.4 Å². The van der Waals surface area contributed by atoms with Gasteiger partial charge in [-0.15, -0.1) is 0 Å². The number of halogens is 5. The fourth-order valence-corrected chi connectivity index (χ4v) is 2.41. The van der Waals surface area contributed by atoms with Gasteiger partial charge in [-0.2, -0.15) is 13.2 Å². The van der Waals surface area contributed by atoms with E-state index in [1.807, 2.05) is 0 Å². The Morgan fingerprint density at radius 1 is 1.21 bits per heavy atom. The van der Waals surface area contributed by atoms with Crippen LogP contribution in [0.25, 0.3) is 0 Å². The van der Waals surface area contributed by atoms with Crippen LogP contribution in [0.1, 0.15) is 24.3 Å². The molecule has 0 saturated heterocycles. The third-order valence-electron chi connectivity index (χ3n) is 2.64. The number of benzene rings is 1. The molecule has 1 unspecified atom stereocenters. The summed E-state index contributed by atoms with van der Waals surface area (Å²) in [6.45, 7) is -1.21. The van der Waals surface area contributed by atoms with Crippen LogP contribution < -0.4 is 0 Å². The molecule has 0 spiro atoms. The van der Waals surface area contributed by atoms with Crippen molar-refractivity contribution in [1.29, 1.82) is 0 Å². The molecule has 1 nitrogen and oxygen atoms in total. The van der Waals surface area contributed by atoms with Gasteiger partial charge in [-0.25, -0.2) is 4.39 Å². The average molecular weight is 343 g/mol. The summed E-state index contributed by atoms with van der Waals surface area (Å²) in [6, 6.07) is 6.42. The minimum atomic E-state index is -4.29. The molecule has 1 aromatic rings. The second-order valence-electron chi connectivity index (χ2n) is 4.18. The van der Waals surface area contributed by atoms with E-state index in [2.05, 4.69) is 20.7 Å². The van der Waals surface area contributed by atoms with Gasteiger partial charge < -0.3 is 4.74 Å². The van der Waals surface area contributed by atoms with Gasteiger partial charge in [0.1, 0.15) is 12.4 Å². The van der Waals surface area contributed by atoms with Crippen molar-refractivity contribution in [1.82, 2.24) is 0 Å². The summed E-state index contributed by atoms with van der Waals surface area (Å²) >= 11 is 3.30. The van der Waals surface area contributed by atoms with Crippen molar-refractivity contribution in [3.8, 4) is 0 Å². The number of hydrogen-bond acceptors (Lipinski definition) is 1. The van der Waals surface area contributed by atoms with E-state index in [1.54, 1.807) is 18.2 Å². The monoisotopic (exact) mass is 342 g/mol. The Hall–Kier alpha value is -0.620. The van der Waals surface area contributed by atoms with Crippen LogP contribution in [-0.2, 0) is 4.74 Å². The standard InChI is InChI=1S/C13H15BrF4O/c14-8-10(11-5-1-2-6-12(11)15)4-3-7-19-9-13(16,17)18/h1-2,5-6,10H,3-4,7-9H2. The predicted molar refractivity (Wildman–Crippen MR) is 69.0 cm³/mol. The maximum Gasteiger partial charge on any atom is 0.411 e. The van der Waals surface area contributed by atoms with Gasteiger partial charge in [0, 0.05) is 11.9 Å². The van der Waals surface area contributed by atoms with Gasteiger partial charge in [0.05, 0.1) is 0 Å². The average Bonchev–Trinajstić information content (AvgIpc) is 2.34. The Morgan fingerprint density at radius 3 is 2.47 bits per heavy atom. The Morgan fingerprint density at radius 2 is 1.89 bits per heavy atom. The molecule has 0 aromatic heterocycles. The van der Waals surface area contributed by atoms with Crippen LogP contribution in [0.15, 0.2) is 24.3 Å². The molecule has 0 heterocycles. The van der Waals surface area contributed by atoms with Gasteiger partial charge in [0.25, 0.3) is 0 Å². The molecule has 0 radical (unpaired) electrons. The summed E-state index contributed by atoms with van der Waals surface area (Å²) in [6.07, 6.45) is -3.26. The molecular weight excluding hydrogens is 328 g/mol. The lowest BCUT2D eigenvalue weighted by Crippen LogP contribution is -2.17. The minimum absolute atomic E-state index is 0.0253. The van der Waals surface area contributed by atoms with Crippen molar-refractivity contribution in [3.05, 3.63) is 35.6 Å². The highest BCUT2D eigenvalue weighted by molar-refractivity contribution is 9.09. The summed E-state index contributed by atoms with van der Waals surface area (Å²) in [5, 5.41) is 0.563. The molecule has 108 valence electrons. The Bertz CT molecular complexity index is 381. The van der Waals surface area contributed by atoms with Crippen molar-refractivity contribution in [2.75, 3.05) is 18.5 Å². The molecule has 6 heteroatoms. The van der Waals surface area contributed by atoms with E-state index in [-0.39, 0.29) is 18.3 Å². The third kappa shape index (κ3) is 6.38. The third-order valence-corrected chi connectivity index (χ3v) is 3.42. The van der Waals surface area contributed by atoms with Crippen LogP contribution in [0.5, 0.6) is 0 Å². The SMILES string of the molecule is Fc1ccccc1C(CBr)CCCOCC(F)(F)F. The number of rotatable bonds is 7. The van der Waals surface area contributed by atoms with Crippen molar-refractivity contribution in [3.63, 3.8) is 0 Å². The first kappa shape index (κ1) is 16.4. The highest BCUT2D eigenvalue weighted by Crippen LogP contribution is 2.26. The van der Waals surface area contributed by atoms with Crippen molar-refractivity contribution >= 4 is 15.9 Å². The van der Waals surface area contributed by atoms with Crippen LogP contribution in [0.4, 0.5) is 17.6 Å². The van der Waals surface area contributed by atoms with Crippen LogP contribution in [0, 0.1) is 5.82 Å². The summed E-state index contributed by atoms with van der Waals surface area (Å²) in [5.41, 5.74) is 0.579. The molecule has 0 aliphatic heterocycles. The summed E-state index contributed by atoms with van der Waals surface area (Å²) in [4.78, 5) is 0. The van der Waals surface area contributed by atoms with Crippen molar-refractivity contribution in [2.45, 2.75) is 24.9 Å². The zero-order chi connectivity index (χ0) is 14.3. The molecular formula is C13H15BrF4O. The van der Waals surface area contributed by atoms with E-state index in [0.29, 0.717) is 23.7 Å². The number of hydrogen-bond donors (Lipinski definition) is 0. The van der Waals surface area contributed by atoms with Gasteiger partial charge >= 0.3 is 6.18 Å². The number of ether oxygens (including phenoxy) is 1. The summed E-state index contributed by atoms with van der Waals surface area (Å²) < 4.78 is 53.6. The smallest absolute Gasteiger partial charge is 0.372 e.